The molecule has 1 aromatic carbocycles. The molecule has 0 radical (unpaired) electrons. The molecule has 0 aliphatic heterocycles. The Hall–Kier alpha value is -2.07. The number of amides is 2. The summed E-state index contributed by atoms with van der Waals surface area (Å²) >= 11 is 3.27. The van der Waals surface area contributed by atoms with E-state index in [4.69, 9.17) is 10.4 Å². The Kier molecular flexibility index (Phi) is 5.39. The topological polar surface area (TPSA) is 102 Å². The highest BCUT2D eigenvalue weighted by molar-refractivity contribution is 9.10. The number of nitrogens with one attached hydrogen (secondary N) is 2. The van der Waals surface area contributed by atoms with Crippen molar-refractivity contribution in [2.45, 2.75) is 31.7 Å². The van der Waals surface area contributed by atoms with Gasteiger partial charge < -0.3 is 15.7 Å². The summed E-state index contributed by atoms with van der Waals surface area (Å²) in [4.78, 5) is 22.8. The van der Waals surface area contributed by atoms with Crippen LogP contribution in [0.3, 0.4) is 0 Å². The third-order valence-electron chi connectivity index (χ3n) is 3.76. The lowest BCUT2D eigenvalue weighted by atomic mass is 9.86. The van der Waals surface area contributed by atoms with Crippen LogP contribution in [-0.2, 0) is 4.79 Å². The van der Waals surface area contributed by atoms with Crippen LogP contribution in [-0.4, -0.2) is 23.1 Å². The first kappa shape index (κ1) is 16.3. The number of hydrogen-bond acceptors (Lipinski definition) is 3. The molecular formula is C15H16BrN3O3. The van der Waals surface area contributed by atoms with Crippen LogP contribution in [0.4, 0.5) is 10.5 Å². The van der Waals surface area contributed by atoms with Gasteiger partial charge in [-0.3, -0.25) is 4.79 Å². The quantitative estimate of drug-likeness (QED) is 0.765. The van der Waals surface area contributed by atoms with Crippen LogP contribution in [0.1, 0.15) is 31.2 Å². The van der Waals surface area contributed by atoms with Gasteiger partial charge in [-0.15, -0.1) is 0 Å². The molecule has 3 N–H and O–H groups in total. The second kappa shape index (κ2) is 7.27. The van der Waals surface area contributed by atoms with Crippen LogP contribution in [0.25, 0.3) is 0 Å². The Labute approximate surface area is 136 Å². The van der Waals surface area contributed by atoms with Crippen molar-refractivity contribution in [3.63, 3.8) is 0 Å². The zero-order valence-corrected chi connectivity index (χ0v) is 13.4. The minimum absolute atomic E-state index is 0.00239. The molecule has 1 aromatic rings. The van der Waals surface area contributed by atoms with Crippen LogP contribution in [0.5, 0.6) is 0 Å². The van der Waals surface area contributed by atoms with Crippen LogP contribution < -0.4 is 10.6 Å². The first-order valence-corrected chi connectivity index (χ1v) is 7.79. The monoisotopic (exact) mass is 365 g/mol. The maximum absolute atomic E-state index is 11.9. The summed E-state index contributed by atoms with van der Waals surface area (Å²) in [7, 11) is 0. The summed E-state index contributed by atoms with van der Waals surface area (Å²) in [6.45, 7) is 0. The van der Waals surface area contributed by atoms with Gasteiger partial charge in [0.15, 0.2) is 0 Å². The van der Waals surface area contributed by atoms with E-state index < -0.39 is 5.97 Å². The molecule has 0 bridgehead atoms. The lowest BCUT2D eigenvalue weighted by molar-refractivity contribution is -0.142. The standard InChI is InChI=1S/C15H16BrN3O3/c16-13-7-12(6-3-10(13)8-17)19-15(22)18-11-4-1-9(2-5-11)14(20)21/h3,6-7,9,11H,1-2,4-5H2,(H,20,21)(H2,18,19,22). The molecule has 6 nitrogen and oxygen atoms in total. The third-order valence-corrected chi connectivity index (χ3v) is 4.42. The van der Waals surface area contributed by atoms with Gasteiger partial charge >= 0.3 is 12.0 Å². The van der Waals surface area contributed by atoms with E-state index >= 15 is 0 Å². The number of benzene rings is 1. The van der Waals surface area contributed by atoms with Crippen LogP contribution in [0.2, 0.25) is 0 Å². The van der Waals surface area contributed by atoms with Gasteiger partial charge in [0.1, 0.15) is 6.07 Å². The van der Waals surface area contributed by atoms with Crippen LogP contribution >= 0.6 is 15.9 Å². The predicted molar refractivity (Wildman–Crippen MR) is 84.4 cm³/mol. The Bertz CT molecular complexity index is 619. The Morgan fingerprint density at radius 3 is 2.50 bits per heavy atom. The molecule has 22 heavy (non-hydrogen) atoms. The molecule has 1 saturated carbocycles. The third kappa shape index (κ3) is 4.21. The average molecular weight is 366 g/mol. The highest BCUT2D eigenvalue weighted by Gasteiger charge is 2.26. The number of nitriles is 1. The minimum atomic E-state index is -0.759. The fourth-order valence-electron chi connectivity index (χ4n) is 2.52. The zero-order valence-electron chi connectivity index (χ0n) is 11.8. The predicted octanol–water partition coefficient (Wildman–Crippen LogP) is 3.09. The minimum Gasteiger partial charge on any atom is -0.481 e. The fourth-order valence-corrected chi connectivity index (χ4v) is 2.99. The molecule has 0 heterocycles. The van der Waals surface area contributed by atoms with E-state index in [9.17, 15) is 9.59 Å². The average Bonchev–Trinajstić information content (AvgIpc) is 2.48. The van der Waals surface area contributed by atoms with Crippen molar-refractivity contribution < 1.29 is 14.7 Å². The second-order valence-electron chi connectivity index (χ2n) is 5.29. The van der Waals surface area contributed by atoms with Crippen molar-refractivity contribution in [1.82, 2.24) is 5.32 Å². The van der Waals surface area contributed by atoms with Crippen molar-refractivity contribution in [2.24, 2.45) is 5.92 Å². The van der Waals surface area contributed by atoms with Gasteiger partial charge in [0, 0.05) is 16.2 Å². The van der Waals surface area contributed by atoms with E-state index in [1.165, 1.54) is 0 Å². The molecular weight excluding hydrogens is 350 g/mol. The van der Waals surface area contributed by atoms with E-state index in [1.54, 1.807) is 18.2 Å². The molecule has 0 aromatic heterocycles. The molecule has 0 atom stereocenters. The van der Waals surface area contributed by atoms with Gasteiger partial charge in [-0.1, -0.05) is 0 Å². The van der Waals surface area contributed by atoms with Gasteiger partial charge in [-0.05, 0) is 59.8 Å². The Balaban J connectivity index is 1.85. The summed E-state index contributed by atoms with van der Waals surface area (Å²) < 4.78 is 0.620. The lowest BCUT2D eigenvalue weighted by Crippen LogP contribution is -2.40. The number of hydrogen-bond donors (Lipinski definition) is 3. The normalized spacial score (nSPS) is 20.7. The van der Waals surface area contributed by atoms with E-state index in [0.29, 0.717) is 41.4 Å². The van der Waals surface area contributed by atoms with Gasteiger partial charge in [0.05, 0.1) is 11.5 Å². The van der Waals surface area contributed by atoms with Crippen molar-refractivity contribution in [3.05, 3.63) is 28.2 Å². The van der Waals surface area contributed by atoms with Gasteiger partial charge in [0.2, 0.25) is 0 Å². The molecule has 0 unspecified atom stereocenters. The number of anilines is 1. The van der Waals surface area contributed by atoms with Gasteiger partial charge in [-0.2, -0.15) is 5.26 Å². The van der Waals surface area contributed by atoms with Crippen molar-refractivity contribution >= 4 is 33.6 Å². The highest BCUT2D eigenvalue weighted by Crippen LogP contribution is 2.25. The Morgan fingerprint density at radius 1 is 1.27 bits per heavy atom. The molecule has 2 amide bonds. The van der Waals surface area contributed by atoms with E-state index in [1.807, 2.05) is 6.07 Å². The second-order valence-corrected chi connectivity index (χ2v) is 6.15. The molecule has 1 aliphatic rings. The summed E-state index contributed by atoms with van der Waals surface area (Å²) in [6, 6.07) is 6.65. The number of carbonyl (C=O) groups excluding carboxylic acids is 1. The lowest BCUT2D eigenvalue weighted by Gasteiger charge is -2.26. The SMILES string of the molecule is N#Cc1ccc(NC(=O)NC2CCC(C(=O)O)CC2)cc1Br. The maximum Gasteiger partial charge on any atom is 0.319 e. The number of nitrogens with zero attached hydrogens (tertiary/aromatic N) is 1. The van der Waals surface area contributed by atoms with Crippen LogP contribution in [0.15, 0.2) is 22.7 Å². The molecule has 2 rings (SSSR count). The summed E-state index contributed by atoms with van der Waals surface area (Å²) in [5.41, 5.74) is 1.08. The number of urea groups is 1. The molecule has 1 fully saturated rings. The molecule has 1 aliphatic carbocycles. The van der Waals surface area contributed by atoms with Crippen LogP contribution in [0, 0.1) is 17.2 Å². The van der Waals surface area contributed by atoms with E-state index in [-0.39, 0.29) is 18.0 Å². The van der Waals surface area contributed by atoms with Crippen molar-refractivity contribution in [3.8, 4) is 6.07 Å². The maximum atomic E-state index is 11.9. The van der Waals surface area contributed by atoms with Gasteiger partial charge in [-0.25, -0.2) is 4.79 Å². The number of carboxylic acids is 1. The van der Waals surface area contributed by atoms with E-state index in [0.717, 1.165) is 0 Å². The van der Waals surface area contributed by atoms with Crippen molar-refractivity contribution in [1.29, 1.82) is 5.26 Å². The summed E-state index contributed by atoms with van der Waals surface area (Å²) in [6.07, 6.45) is 2.51. The number of carbonyl (C=O) groups is 2. The molecule has 116 valence electrons. The largest absolute Gasteiger partial charge is 0.481 e. The number of aliphatic carboxylic acids is 1. The molecule has 0 saturated heterocycles. The smallest absolute Gasteiger partial charge is 0.319 e. The highest BCUT2D eigenvalue weighted by atomic mass is 79.9. The summed E-state index contributed by atoms with van der Waals surface area (Å²) in [5.74, 6) is -1.05. The number of carboxylic acid groups (broad SMARTS) is 1. The van der Waals surface area contributed by atoms with Crippen molar-refractivity contribution in [2.75, 3.05) is 5.32 Å². The summed E-state index contributed by atoms with van der Waals surface area (Å²) in [5, 5.41) is 23.4. The Morgan fingerprint density at radius 2 is 1.95 bits per heavy atom. The van der Waals surface area contributed by atoms with E-state index in [2.05, 4.69) is 26.6 Å². The fraction of sp³-hybridized carbons (Fsp3) is 0.400. The number of halogens is 1. The first-order valence-electron chi connectivity index (χ1n) is 6.99. The zero-order chi connectivity index (χ0) is 16.1. The number of rotatable bonds is 3. The van der Waals surface area contributed by atoms with Gasteiger partial charge in [0.25, 0.3) is 0 Å². The molecule has 7 heteroatoms. The first-order chi connectivity index (χ1) is 10.5. The molecule has 0 spiro atoms.